The average molecular weight is 215 g/mol. The number of hydrogen-bond donors (Lipinski definition) is 3. The van der Waals surface area contributed by atoms with Gasteiger partial charge in [0.25, 0.3) is 0 Å². The first-order valence-electron chi connectivity index (χ1n) is 5.50. The molecule has 0 aromatic carbocycles. The van der Waals surface area contributed by atoms with Crippen molar-refractivity contribution in [1.82, 2.24) is 10.2 Å². The van der Waals surface area contributed by atoms with E-state index >= 15 is 0 Å². The highest BCUT2D eigenvalue weighted by Crippen LogP contribution is 2.11. The van der Waals surface area contributed by atoms with Crippen molar-refractivity contribution in [3.63, 3.8) is 0 Å². The molecule has 0 saturated carbocycles. The van der Waals surface area contributed by atoms with E-state index in [9.17, 15) is 9.90 Å². The van der Waals surface area contributed by atoms with Crippen molar-refractivity contribution >= 4 is 5.91 Å². The highest BCUT2D eigenvalue weighted by atomic mass is 16.3. The van der Waals surface area contributed by atoms with Crippen LogP contribution in [0.4, 0.5) is 0 Å². The molecular weight excluding hydrogens is 194 g/mol. The third-order valence-corrected chi connectivity index (χ3v) is 2.68. The summed E-state index contributed by atoms with van der Waals surface area (Å²) in [5, 5.41) is 12.6. The summed E-state index contributed by atoms with van der Waals surface area (Å²) < 4.78 is 0. The zero-order chi connectivity index (χ0) is 11.3. The number of nitrogens with one attached hydrogen (secondary N) is 1. The molecule has 1 heterocycles. The van der Waals surface area contributed by atoms with E-state index in [1.54, 1.807) is 6.92 Å². The lowest BCUT2D eigenvalue weighted by Crippen LogP contribution is -2.48. The summed E-state index contributed by atoms with van der Waals surface area (Å²) in [7, 11) is 0. The molecular formula is C10H21N3O2. The second kappa shape index (κ2) is 6.05. The van der Waals surface area contributed by atoms with Gasteiger partial charge in [-0.1, -0.05) is 0 Å². The van der Waals surface area contributed by atoms with Gasteiger partial charge in [-0.2, -0.15) is 0 Å². The average Bonchev–Trinajstić information content (AvgIpc) is 2.17. The van der Waals surface area contributed by atoms with Crippen molar-refractivity contribution in [2.45, 2.75) is 31.9 Å². The number of carbonyl (C=O) groups is 1. The first-order chi connectivity index (χ1) is 7.09. The zero-order valence-corrected chi connectivity index (χ0v) is 9.28. The van der Waals surface area contributed by atoms with Gasteiger partial charge in [-0.15, -0.1) is 0 Å². The van der Waals surface area contributed by atoms with Crippen LogP contribution in [0.2, 0.25) is 0 Å². The maximum Gasteiger partial charge on any atom is 0.231 e. The number of hydrogen-bond acceptors (Lipinski definition) is 4. The van der Waals surface area contributed by atoms with Crippen LogP contribution < -0.4 is 11.1 Å². The molecule has 1 unspecified atom stereocenters. The Balaban J connectivity index is 2.48. The maximum atomic E-state index is 10.9. The molecule has 1 rings (SSSR count). The van der Waals surface area contributed by atoms with E-state index in [1.165, 1.54) is 0 Å². The van der Waals surface area contributed by atoms with E-state index in [-0.39, 0.29) is 12.5 Å². The van der Waals surface area contributed by atoms with Crippen LogP contribution in [0.25, 0.3) is 0 Å². The van der Waals surface area contributed by atoms with Crippen LogP contribution in [0.15, 0.2) is 0 Å². The topological polar surface area (TPSA) is 78.6 Å². The minimum absolute atomic E-state index is 0.246. The summed E-state index contributed by atoms with van der Waals surface area (Å²) in [6, 6.07) is 0.369. The lowest BCUT2D eigenvalue weighted by atomic mass is 10.0. The van der Waals surface area contributed by atoms with E-state index in [4.69, 9.17) is 5.73 Å². The fraction of sp³-hybridized carbons (Fsp3) is 0.900. The van der Waals surface area contributed by atoms with E-state index in [0.717, 1.165) is 25.9 Å². The molecule has 0 bridgehead atoms. The minimum Gasteiger partial charge on any atom is -0.392 e. The monoisotopic (exact) mass is 215 g/mol. The smallest absolute Gasteiger partial charge is 0.231 e. The molecule has 15 heavy (non-hydrogen) atoms. The second-order valence-electron chi connectivity index (χ2n) is 4.23. The van der Waals surface area contributed by atoms with Crippen molar-refractivity contribution in [3.05, 3.63) is 0 Å². The number of piperidine rings is 1. The first-order valence-corrected chi connectivity index (χ1v) is 5.50. The molecule has 1 aliphatic rings. The van der Waals surface area contributed by atoms with Gasteiger partial charge in [0.05, 0.1) is 12.6 Å². The number of amides is 1. The van der Waals surface area contributed by atoms with E-state index < -0.39 is 6.10 Å². The Kier molecular flexibility index (Phi) is 5.01. The fourth-order valence-electron chi connectivity index (χ4n) is 2.05. The molecule has 5 heteroatoms. The van der Waals surface area contributed by atoms with Gasteiger partial charge in [0.1, 0.15) is 0 Å². The minimum atomic E-state index is -0.417. The Labute approximate surface area is 90.6 Å². The molecule has 0 aliphatic carbocycles. The van der Waals surface area contributed by atoms with Crippen LogP contribution in [-0.4, -0.2) is 54.2 Å². The largest absolute Gasteiger partial charge is 0.392 e. The molecule has 4 N–H and O–H groups in total. The summed E-state index contributed by atoms with van der Waals surface area (Å²) in [6.45, 7) is 4.44. The highest BCUT2D eigenvalue weighted by Gasteiger charge is 2.22. The molecule has 1 aliphatic heterocycles. The molecule has 1 atom stereocenters. The van der Waals surface area contributed by atoms with Crippen molar-refractivity contribution in [2.75, 3.05) is 26.2 Å². The van der Waals surface area contributed by atoms with Gasteiger partial charge in [0.2, 0.25) is 5.91 Å². The molecule has 1 saturated heterocycles. The SMILES string of the molecule is CC(O)CN(CC(N)=O)C1CCNCC1. The Hall–Kier alpha value is -0.650. The summed E-state index contributed by atoms with van der Waals surface area (Å²) in [6.07, 6.45) is 1.61. The van der Waals surface area contributed by atoms with Gasteiger partial charge in [0.15, 0.2) is 0 Å². The summed E-state index contributed by atoms with van der Waals surface area (Å²) in [5.41, 5.74) is 5.20. The van der Waals surface area contributed by atoms with Crippen LogP contribution in [0.1, 0.15) is 19.8 Å². The Morgan fingerprint density at radius 2 is 2.20 bits per heavy atom. The number of nitrogens with zero attached hydrogens (tertiary/aromatic N) is 1. The van der Waals surface area contributed by atoms with E-state index in [2.05, 4.69) is 5.32 Å². The van der Waals surface area contributed by atoms with Gasteiger partial charge in [-0.25, -0.2) is 0 Å². The second-order valence-corrected chi connectivity index (χ2v) is 4.23. The van der Waals surface area contributed by atoms with Gasteiger partial charge in [0, 0.05) is 12.6 Å². The third-order valence-electron chi connectivity index (χ3n) is 2.68. The molecule has 1 amide bonds. The standard InChI is InChI=1S/C10H21N3O2/c1-8(14)6-13(7-10(11)15)9-2-4-12-5-3-9/h8-9,12,14H,2-7H2,1H3,(H2,11,15). The molecule has 88 valence electrons. The number of primary amides is 1. The van der Waals surface area contributed by atoms with Crippen LogP contribution >= 0.6 is 0 Å². The summed E-state index contributed by atoms with van der Waals surface area (Å²) >= 11 is 0. The van der Waals surface area contributed by atoms with E-state index in [0.29, 0.717) is 12.6 Å². The Morgan fingerprint density at radius 1 is 1.60 bits per heavy atom. The quantitative estimate of drug-likeness (QED) is 0.544. The summed E-state index contributed by atoms with van der Waals surface area (Å²) in [4.78, 5) is 12.9. The predicted molar refractivity (Wildman–Crippen MR) is 58.3 cm³/mol. The van der Waals surface area contributed by atoms with Crippen LogP contribution in [0, 0.1) is 0 Å². The van der Waals surface area contributed by atoms with Crippen molar-refractivity contribution in [2.24, 2.45) is 5.73 Å². The first kappa shape index (κ1) is 12.4. The molecule has 0 aromatic heterocycles. The Morgan fingerprint density at radius 3 is 2.67 bits per heavy atom. The number of aliphatic hydroxyl groups is 1. The van der Waals surface area contributed by atoms with Crippen LogP contribution in [0.5, 0.6) is 0 Å². The van der Waals surface area contributed by atoms with Crippen molar-refractivity contribution in [3.8, 4) is 0 Å². The van der Waals surface area contributed by atoms with Gasteiger partial charge < -0.3 is 16.2 Å². The van der Waals surface area contributed by atoms with E-state index in [1.807, 2.05) is 4.90 Å². The molecule has 0 radical (unpaired) electrons. The molecule has 0 aromatic rings. The van der Waals surface area contributed by atoms with Crippen LogP contribution in [0.3, 0.4) is 0 Å². The lowest BCUT2D eigenvalue weighted by molar-refractivity contribution is -0.120. The number of carbonyl (C=O) groups excluding carboxylic acids is 1. The summed E-state index contributed by atoms with van der Waals surface area (Å²) in [5.74, 6) is -0.325. The molecule has 5 nitrogen and oxygen atoms in total. The van der Waals surface area contributed by atoms with Crippen molar-refractivity contribution < 1.29 is 9.90 Å². The number of aliphatic hydroxyl groups excluding tert-OH is 1. The van der Waals surface area contributed by atoms with Crippen LogP contribution in [-0.2, 0) is 4.79 Å². The molecule has 1 fully saturated rings. The van der Waals surface area contributed by atoms with Gasteiger partial charge in [-0.05, 0) is 32.9 Å². The maximum absolute atomic E-state index is 10.9. The predicted octanol–water partition coefficient (Wildman–Crippen LogP) is -1.09. The third kappa shape index (κ3) is 4.59. The number of rotatable bonds is 5. The fourth-order valence-corrected chi connectivity index (χ4v) is 2.05. The lowest BCUT2D eigenvalue weighted by Gasteiger charge is -2.34. The van der Waals surface area contributed by atoms with Crippen molar-refractivity contribution in [1.29, 1.82) is 0 Å². The molecule has 0 spiro atoms. The van der Waals surface area contributed by atoms with Gasteiger partial charge >= 0.3 is 0 Å². The normalized spacial score (nSPS) is 20.5. The van der Waals surface area contributed by atoms with Gasteiger partial charge in [-0.3, -0.25) is 9.69 Å². The highest BCUT2D eigenvalue weighted by molar-refractivity contribution is 5.75. The Bertz CT molecular complexity index is 203. The number of nitrogens with two attached hydrogens (primary N) is 1. The zero-order valence-electron chi connectivity index (χ0n) is 9.28.